The average molecular weight is 333 g/mol. The van der Waals surface area contributed by atoms with Gasteiger partial charge in [-0.05, 0) is 30.5 Å². The number of nitrogens with zero attached hydrogens (tertiary/aromatic N) is 2. The van der Waals surface area contributed by atoms with Gasteiger partial charge in [0.2, 0.25) is 11.8 Å². The predicted molar refractivity (Wildman–Crippen MR) is 88.6 cm³/mol. The molecule has 0 aliphatic carbocycles. The third-order valence-electron chi connectivity index (χ3n) is 4.89. The van der Waals surface area contributed by atoms with E-state index in [1.54, 1.807) is 17.9 Å². The number of benzene rings is 1. The molecular formula is C18H24FN3O2. The van der Waals surface area contributed by atoms with E-state index in [2.05, 4.69) is 5.32 Å². The standard InChI is InChI=1S/C18H24FN3O2/c1-13(23)21-7-5-16(6-8-21)20-17-10-18(24)22(12-17)11-14-3-2-4-15(19)9-14/h2-4,9,16-17,20H,5-8,10-12H2,1H3. The summed E-state index contributed by atoms with van der Waals surface area (Å²) in [6.45, 7) is 4.27. The van der Waals surface area contributed by atoms with Gasteiger partial charge in [-0.25, -0.2) is 4.39 Å². The van der Waals surface area contributed by atoms with Crippen molar-refractivity contribution in [2.75, 3.05) is 19.6 Å². The van der Waals surface area contributed by atoms with Gasteiger partial charge in [0.1, 0.15) is 5.82 Å². The zero-order chi connectivity index (χ0) is 17.1. The smallest absolute Gasteiger partial charge is 0.224 e. The molecule has 2 saturated heterocycles. The SMILES string of the molecule is CC(=O)N1CCC(NC2CC(=O)N(Cc3cccc(F)c3)C2)CC1. The highest BCUT2D eigenvalue weighted by Gasteiger charge is 2.32. The van der Waals surface area contributed by atoms with E-state index >= 15 is 0 Å². The maximum Gasteiger partial charge on any atom is 0.224 e. The first-order valence-corrected chi connectivity index (χ1v) is 8.55. The fraction of sp³-hybridized carbons (Fsp3) is 0.556. The molecule has 1 unspecified atom stereocenters. The lowest BCUT2D eigenvalue weighted by Gasteiger charge is -2.33. The zero-order valence-corrected chi connectivity index (χ0v) is 14.0. The second-order valence-electron chi connectivity index (χ2n) is 6.75. The zero-order valence-electron chi connectivity index (χ0n) is 14.0. The van der Waals surface area contributed by atoms with Crippen LogP contribution in [0.1, 0.15) is 31.7 Å². The van der Waals surface area contributed by atoms with E-state index in [1.807, 2.05) is 11.0 Å². The number of hydrogen-bond donors (Lipinski definition) is 1. The largest absolute Gasteiger partial charge is 0.343 e. The molecule has 2 heterocycles. The van der Waals surface area contributed by atoms with Gasteiger partial charge in [-0.1, -0.05) is 12.1 Å². The average Bonchev–Trinajstić information content (AvgIpc) is 2.87. The van der Waals surface area contributed by atoms with Crippen LogP contribution in [-0.4, -0.2) is 53.3 Å². The summed E-state index contributed by atoms with van der Waals surface area (Å²) < 4.78 is 13.3. The van der Waals surface area contributed by atoms with Crippen molar-refractivity contribution >= 4 is 11.8 Å². The van der Waals surface area contributed by atoms with Crippen molar-refractivity contribution in [2.24, 2.45) is 0 Å². The molecule has 6 heteroatoms. The number of hydrogen-bond acceptors (Lipinski definition) is 3. The van der Waals surface area contributed by atoms with Crippen molar-refractivity contribution in [3.8, 4) is 0 Å². The van der Waals surface area contributed by atoms with Gasteiger partial charge >= 0.3 is 0 Å². The number of carbonyl (C=O) groups excluding carboxylic acids is 2. The van der Waals surface area contributed by atoms with Gasteiger partial charge in [0.05, 0.1) is 0 Å². The summed E-state index contributed by atoms with van der Waals surface area (Å²) in [6, 6.07) is 6.89. The number of rotatable bonds is 4. The van der Waals surface area contributed by atoms with E-state index in [-0.39, 0.29) is 23.7 Å². The number of halogens is 1. The van der Waals surface area contributed by atoms with E-state index in [0.29, 0.717) is 25.6 Å². The molecule has 0 spiro atoms. The van der Waals surface area contributed by atoms with Crippen molar-refractivity contribution in [1.29, 1.82) is 0 Å². The van der Waals surface area contributed by atoms with Gasteiger partial charge in [0.15, 0.2) is 0 Å². The summed E-state index contributed by atoms with van der Waals surface area (Å²) in [5.74, 6) is -0.0326. The molecule has 2 aliphatic rings. The van der Waals surface area contributed by atoms with Gasteiger partial charge in [0.25, 0.3) is 0 Å². The predicted octanol–water partition coefficient (Wildman–Crippen LogP) is 1.53. The lowest BCUT2D eigenvalue weighted by atomic mass is 10.0. The molecule has 0 bridgehead atoms. The molecular weight excluding hydrogens is 309 g/mol. The van der Waals surface area contributed by atoms with E-state index in [0.717, 1.165) is 31.5 Å². The topological polar surface area (TPSA) is 52.7 Å². The van der Waals surface area contributed by atoms with Crippen LogP contribution in [0.3, 0.4) is 0 Å². The lowest BCUT2D eigenvalue weighted by molar-refractivity contribution is -0.130. The number of amides is 2. The number of nitrogens with one attached hydrogen (secondary N) is 1. The summed E-state index contributed by atoms with van der Waals surface area (Å²) >= 11 is 0. The maximum absolute atomic E-state index is 13.3. The minimum Gasteiger partial charge on any atom is -0.343 e. The Balaban J connectivity index is 1.49. The third-order valence-corrected chi connectivity index (χ3v) is 4.89. The first kappa shape index (κ1) is 16.9. The second-order valence-corrected chi connectivity index (χ2v) is 6.75. The number of carbonyl (C=O) groups is 2. The van der Waals surface area contributed by atoms with Crippen molar-refractivity contribution in [3.05, 3.63) is 35.6 Å². The summed E-state index contributed by atoms with van der Waals surface area (Å²) in [5.41, 5.74) is 0.818. The highest BCUT2D eigenvalue weighted by atomic mass is 19.1. The fourth-order valence-electron chi connectivity index (χ4n) is 3.59. The second kappa shape index (κ2) is 7.30. The maximum atomic E-state index is 13.3. The molecule has 1 N–H and O–H groups in total. The van der Waals surface area contributed by atoms with Crippen LogP contribution in [0, 0.1) is 5.82 Å². The first-order valence-electron chi connectivity index (χ1n) is 8.55. The Labute approximate surface area is 141 Å². The van der Waals surface area contributed by atoms with E-state index in [9.17, 15) is 14.0 Å². The molecule has 2 amide bonds. The fourth-order valence-corrected chi connectivity index (χ4v) is 3.59. The molecule has 0 saturated carbocycles. The Kier molecular flexibility index (Phi) is 5.14. The Hall–Kier alpha value is -1.95. The van der Waals surface area contributed by atoms with Crippen molar-refractivity contribution in [3.63, 3.8) is 0 Å². The Morgan fingerprint density at radius 3 is 2.71 bits per heavy atom. The summed E-state index contributed by atoms with van der Waals surface area (Å²) in [5, 5.41) is 3.56. The number of likely N-dealkylation sites (tertiary alicyclic amines) is 2. The Morgan fingerprint density at radius 2 is 2.04 bits per heavy atom. The molecule has 1 aromatic rings. The molecule has 1 atom stereocenters. The molecule has 3 rings (SSSR count). The molecule has 24 heavy (non-hydrogen) atoms. The van der Waals surface area contributed by atoms with Crippen molar-refractivity contribution < 1.29 is 14.0 Å². The van der Waals surface area contributed by atoms with Crippen LogP contribution in [0.15, 0.2) is 24.3 Å². The van der Waals surface area contributed by atoms with Gasteiger partial charge in [0, 0.05) is 51.6 Å². The van der Waals surface area contributed by atoms with Crippen LogP contribution in [-0.2, 0) is 16.1 Å². The summed E-state index contributed by atoms with van der Waals surface area (Å²) in [6.07, 6.45) is 2.34. The van der Waals surface area contributed by atoms with E-state index in [1.165, 1.54) is 12.1 Å². The molecule has 1 aromatic carbocycles. The molecule has 130 valence electrons. The van der Waals surface area contributed by atoms with Crippen LogP contribution in [0.2, 0.25) is 0 Å². The van der Waals surface area contributed by atoms with Crippen LogP contribution >= 0.6 is 0 Å². The monoisotopic (exact) mass is 333 g/mol. The number of piperidine rings is 1. The molecule has 0 radical (unpaired) electrons. The summed E-state index contributed by atoms with van der Waals surface area (Å²) in [4.78, 5) is 27.2. The third kappa shape index (κ3) is 4.12. The van der Waals surface area contributed by atoms with Crippen molar-refractivity contribution in [2.45, 2.75) is 44.8 Å². The first-order chi connectivity index (χ1) is 11.5. The quantitative estimate of drug-likeness (QED) is 0.909. The molecule has 0 aromatic heterocycles. The minimum absolute atomic E-state index is 0.109. The molecule has 2 aliphatic heterocycles. The van der Waals surface area contributed by atoms with Crippen molar-refractivity contribution in [1.82, 2.24) is 15.1 Å². The van der Waals surface area contributed by atoms with Gasteiger partial charge in [-0.2, -0.15) is 0 Å². The van der Waals surface area contributed by atoms with Gasteiger partial charge in [-0.3, -0.25) is 9.59 Å². The van der Waals surface area contributed by atoms with E-state index in [4.69, 9.17) is 0 Å². The summed E-state index contributed by atoms with van der Waals surface area (Å²) in [7, 11) is 0. The molecule has 5 nitrogen and oxygen atoms in total. The highest BCUT2D eigenvalue weighted by Crippen LogP contribution is 2.18. The van der Waals surface area contributed by atoms with Gasteiger partial charge in [-0.15, -0.1) is 0 Å². The Bertz CT molecular complexity index is 614. The van der Waals surface area contributed by atoms with Crippen LogP contribution in [0.25, 0.3) is 0 Å². The molecule has 2 fully saturated rings. The lowest BCUT2D eigenvalue weighted by Crippen LogP contribution is -2.47. The highest BCUT2D eigenvalue weighted by molar-refractivity contribution is 5.79. The van der Waals surface area contributed by atoms with Crippen LogP contribution in [0.4, 0.5) is 4.39 Å². The Morgan fingerprint density at radius 1 is 1.29 bits per heavy atom. The van der Waals surface area contributed by atoms with Gasteiger partial charge < -0.3 is 15.1 Å². The van der Waals surface area contributed by atoms with E-state index < -0.39 is 0 Å². The minimum atomic E-state index is -0.272. The van der Waals surface area contributed by atoms with Crippen LogP contribution < -0.4 is 5.32 Å². The van der Waals surface area contributed by atoms with Crippen LogP contribution in [0.5, 0.6) is 0 Å². The normalized spacial score (nSPS) is 22.2.